The van der Waals surface area contributed by atoms with Crippen molar-refractivity contribution in [2.45, 2.75) is 18.8 Å². The highest BCUT2D eigenvalue weighted by molar-refractivity contribution is 5.90. The molecule has 1 aliphatic heterocycles. The highest BCUT2D eigenvalue weighted by Crippen LogP contribution is 2.25. The predicted octanol–water partition coefficient (Wildman–Crippen LogP) is 1.40. The summed E-state index contributed by atoms with van der Waals surface area (Å²) in [6.45, 7) is 2.22. The number of carbonyl (C=O) groups excluding carboxylic acids is 2. The van der Waals surface area contributed by atoms with Crippen LogP contribution in [0.1, 0.15) is 5.56 Å². The highest BCUT2D eigenvalue weighted by Gasteiger charge is 2.33. The van der Waals surface area contributed by atoms with E-state index >= 15 is 0 Å². The van der Waals surface area contributed by atoms with Crippen LogP contribution in [-0.4, -0.2) is 65.3 Å². The molecule has 2 atom stereocenters. The number of benzene rings is 3. The van der Waals surface area contributed by atoms with Gasteiger partial charge in [0.2, 0.25) is 0 Å². The summed E-state index contributed by atoms with van der Waals surface area (Å²) >= 11 is 0. The number of nitrogens with one attached hydrogen (secondary N) is 2. The minimum Gasteiger partial charge on any atom is -0.457 e. The molecule has 1 heterocycles. The third-order valence-electron chi connectivity index (χ3n) is 5.60. The Morgan fingerprint density at radius 3 is 2.30 bits per heavy atom. The lowest BCUT2D eigenvalue weighted by atomic mass is 10.1. The molecule has 2 amide bonds. The number of carbonyl (C=O) groups is 2. The normalized spacial score (nSPS) is 15.6. The first kappa shape index (κ1) is 22.7. The van der Waals surface area contributed by atoms with Crippen LogP contribution in [0.25, 0.3) is 10.8 Å². The Labute approximate surface area is 191 Å². The summed E-state index contributed by atoms with van der Waals surface area (Å²) < 4.78 is 5.91. The van der Waals surface area contributed by atoms with E-state index in [0.717, 1.165) is 22.1 Å². The van der Waals surface area contributed by atoms with E-state index in [9.17, 15) is 19.8 Å². The zero-order valence-electron chi connectivity index (χ0n) is 18.1. The molecule has 3 aromatic rings. The second kappa shape index (κ2) is 10.4. The topological polar surface area (TPSA) is 111 Å². The maximum Gasteiger partial charge on any atom is 0.254 e. The molecular formula is C25H27N3O5. The van der Waals surface area contributed by atoms with E-state index in [1.165, 1.54) is 4.90 Å². The number of fused-ring (bicyclic) bond motifs is 1. The van der Waals surface area contributed by atoms with Gasteiger partial charge in [-0.05, 0) is 40.6 Å². The van der Waals surface area contributed by atoms with Crippen molar-refractivity contribution < 1.29 is 24.5 Å². The zero-order valence-corrected chi connectivity index (χ0v) is 18.1. The average molecular weight is 450 g/mol. The van der Waals surface area contributed by atoms with E-state index in [2.05, 4.69) is 10.6 Å². The van der Waals surface area contributed by atoms with Crippen LogP contribution in [-0.2, 0) is 16.1 Å². The van der Waals surface area contributed by atoms with Crippen LogP contribution in [0.5, 0.6) is 11.5 Å². The molecule has 0 spiro atoms. The standard InChI is InChI=1S/C25H27N3O5/c29-22(23(30)25(32)28-13-11-26-12-14-28)24(31)27-16-17-5-8-20(9-6-17)33-21-10-7-18-3-1-2-4-19(18)15-21/h1-10,15,22-23,26,29-30H,11-14,16H2,(H,27,31)/t22-,23-/m1/s1. The van der Waals surface area contributed by atoms with Crippen molar-refractivity contribution in [1.29, 1.82) is 0 Å². The van der Waals surface area contributed by atoms with Gasteiger partial charge in [0.15, 0.2) is 12.2 Å². The summed E-state index contributed by atoms with van der Waals surface area (Å²) in [5.41, 5.74) is 0.782. The molecule has 0 bridgehead atoms. The number of nitrogens with zero attached hydrogens (tertiary/aromatic N) is 1. The smallest absolute Gasteiger partial charge is 0.254 e. The highest BCUT2D eigenvalue weighted by atomic mass is 16.5. The van der Waals surface area contributed by atoms with Gasteiger partial charge in [-0.15, -0.1) is 0 Å². The van der Waals surface area contributed by atoms with Gasteiger partial charge in [0, 0.05) is 32.7 Å². The van der Waals surface area contributed by atoms with Gasteiger partial charge in [0.25, 0.3) is 11.8 Å². The fourth-order valence-corrected chi connectivity index (χ4v) is 3.69. The number of amides is 2. The summed E-state index contributed by atoms with van der Waals surface area (Å²) in [5.74, 6) is -0.0738. The van der Waals surface area contributed by atoms with Gasteiger partial charge < -0.3 is 30.5 Å². The van der Waals surface area contributed by atoms with Crippen molar-refractivity contribution >= 4 is 22.6 Å². The van der Waals surface area contributed by atoms with Crippen LogP contribution >= 0.6 is 0 Å². The molecule has 1 fully saturated rings. The van der Waals surface area contributed by atoms with Gasteiger partial charge in [0.05, 0.1) is 0 Å². The molecule has 4 rings (SSSR count). The molecule has 33 heavy (non-hydrogen) atoms. The Balaban J connectivity index is 1.29. The summed E-state index contributed by atoms with van der Waals surface area (Å²) in [6.07, 6.45) is -3.62. The Bertz CT molecular complexity index is 1110. The molecule has 0 saturated carbocycles. The Morgan fingerprint density at radius 1 is 0.909 bits per heavy atom. The van der Waals surface area contributed by atoms with Gasteiger partial charge in [-0.2, -0.15) is 0 Å². The van der Waals surface area contributed by atoms with E-state index in [4.69, 9.17) is 4.74 Å². The third kappa shape index (κ3) is 5.67. The fraction of sp³-hybridized carbons (Fsp3) is 0.280. The second-order valence-electron chi connectivity index (χ2n) is 7.94. The summed E-state index contributed by atoms with van der Waals surface area (Å²) in [4.78, 5) is 25.9. The number of ether oxygens (including phenoxy) is 1. The van der Waals surface area contributed by atoms with Crippen molar-refractivity contribution in [3.63, 3.8) is 0 Å². The van der Waals surface area contributed by atoms with Crippen LogP contribution in [0.15, 0.2) is 66.7 Å². The molecule has 1 saturated heterocycles. The van der Waals surface area contributed by atoms with E-state index < -0.39 is 24.0 Å². The minimum atomic E-state index is -1.83. The number of hydrogen-bond acceptors (Lipinski definition) is 6. The lowest BCUT2D eigenvalue weighted by Gasteiger charge is -2.30. The lowest BCUT2D eigenvalue weighted by Crippen LogP contribution is -2.54. The maximum absolute atomic E-state index is 12.3. The van der Waals surface area contributed by atoms with Crippen molar-refractivity contribution in [3.05, 3.63) is 72.3 Å². The zero-order chi connectivity index (χ0) is 23.2. The largest absolute Gasteiger partial charge is 0.457 e. The van der Waals surface area contributed by atoms with Crippen LogP contribution in [0.4, 0.5) is 0 Å². The molecule has 8 nitrogen and oxygen atoms in total. The van der Waals surface area contributed by atoms with Crippen LogP contribution in [0.3, 0.4) is 0 Å². The van der Waals surface area contributed by atoms with Crippen LogP contribution in [0, 0.1) is 0 Å². The fourth-order valence-electron chi connectivity index (χ4n) is 3.69. The Kier molecular flexibility index (Phi) is 7.19. The van der Waals surface area contributed by atoms with Crippen LogP contribution in [0.2, 0.25) is 0 Å². The van der Waals surface area contributed by atoms with Crippen molar-refractivity contribution in [1.82, 2.24) is 15.5 Å². The molecule has 3 aromatic carbocycles. The number of rotatable bonds is 7. The van der Waals surface area contributed by atoms with Gasteiger partial charge in [0.1, 0.15) is 11.5 Å². The first-order valence-corrected chi connectivity index (χ1v) is 10.9. The van der Waals surface area contributed by atoms with Gasteiger partial charge in [-0.3, -0.25) is 9.59 Å². The first-order chi connectivity index (χ1) is 16.0. The molecule has 8 heteroatoms. The van der Waals surface area contributed by atoms with Gasteiger partial charge >= 0.3 is 0 Å². The summed E-state index contributed by atoms with van der Waals surface area (Å²) in [5, 5.41) is 28.1. The van der Waals surface area contributed by atoms with Crippen molar-refractivity contribution in [3.8, 4) is 11.5 Å². The molecule has 1 aliphatic rings. The van der Waals surface area contributed by atoms with Gasteiger partial charge in [-0.1, -0.05) is 42.5 Å². The lowest BCUT2D eigenvalue weighted by molar-refractivity contribution is -0.153. The Morgan fingerprint density at radius 2 is 1.58 bits per heavy atom. The summed E-state index contributed by atoms with van der Waals surface area (Å²) in [6, 6.07) is 21.1. The molecule has 0 aromatic heterocycles. The number of piperazine rings is 1. The predicted molar refractivity (Wildman–Crippen MR) is 124 cm³/mol. The molecule has 172 valence electrons. The quantitative estimate of drug-likeness (QED) is 0.434. The van der Waals surface area contributed by atoms with E-state index in [-0.39, 0.29) is 6.54 Å². The second-order valence-corrected chi connectivity index (χ2v) is 7.94. The SMILES string of the molecule is O=C(NCc1ccc(Oc2ccc3ccccc3c2)cc1)[C@H](O)[C@@H](O)C(=O)N1CCNCC1. The molecule has 0 aliphatic carbocycles. The van der Waals surface area contributed by atoms with E-state index in [0.29, 0.717) is 31.9 Å². The molecule has 0 radical (unpaired) electrons. The molecular weight excluding hydrogens is 422 g/mol. The van der Waals surface area contributed by atoms with E-state index in [1.807, 2.05) is 42.5 Å². The molecule has 0 unspecified atom stereocenters. The Hall–Kier alpha value is -3.46. The van der Waals surface area contributed by atoms with Crippen LogP contribution < -0.4 is 15.4 Å². The molecule has 4 N–H and O–H groups in total. The van der Waals surface area contributed by atoms with Gasteiger partial charge in [-0.25, -0.2) is 0 Å². The summed E-state index contributed by atoms with van der Waals surface area (Å²) in [7, 11) is 0. The maximum atomic E-state index is 12.3. The number of hydrogen-bond donors (Lipinski definition) is 4. The number of aliphatic hydroxyl groups is 2. The number of aliphatic hydroxyl groups excluding tert-OH is 2. The monoisotopic (exact) mass is 449 g/mol. The first-order valence-electron chi connectivity index (χ1n) is 10.9. The minimum absolute atomic E-state index is 0.140. The van der Waals surface area contributed by atoms with Crippen molar-refractivity contribution in [2.24, 2.45) is 0 Å². The van der Waals surface area contributed by atoms with E-state index in [1.54, 1.807) is 24.3 Å². The third-order valence-corrected chi connectivity index (χ3v) is 5.60. The van der Waals surface area contributed by atoms with Crippen molar-refractivity contribution in [2.75, 3.05) is 26.2 Å². The average Bonchev–Trinajstić information content (AvgIpc) is 2.87.